The van der Waals surface area contributed by atoms with Gasteiger partial charge in [0.15, 0.2) is 0 Å². The Morgan fingerprint density at radius 3 is 2.44 bits per heavy atom. The number of nitrogens with zero attached hydrogens (tertiary/aromatic N) is 4. The number of hydrogen-bond donors (Lipinski definition) is 1. The zero-order valence-electron chi connectivity index (χ0n) is 20.1. The van der Waals surface area contributed by atoms with E-state index in [4.69, 9.17) is 15.6 Å². The predicted octanol–water partition coefficient (Wildman–Crippen LogP) is 5.12. The van der Waals surface area contributed by atoms with Crippen LogP contribution in [0.15, 0.2) is 18.3 Å². The first-order valence-corrected chi connectivity index (χ1v) is 12.4. The van der Waals surface area contributed by atoms with Crippen LogP contribution in [0.5, 0.6) is 0 Å². The molecule has 0 spiro atoms. The number of nitrogens with two attached hydrogens (primary N) is 1. The van der Waals surface area contributed by atoms with E-state index in [9.17, 15) is 13.2 Å². The Kier molecular flexibility index (Phi) is 6.13. The lowest BCUT2D eigenvalue weighted by Crippen LogP contribution is -2.42. The van der Waals surface area contributed by atoms with Crippen molar-refractivity contribution in [1.82, 2.24) is 19.7 Å². The number of ether oxygens (including phenoxy) is 1. The molecule has 0 aromatic carbocycles. The van der Waals surface area contributed by atoms with Crippen molar-refractivity contribution in [2.45, 2.75) is 76.2 Å². The quantitative estimate of drug-likeness (QED) is 0.626. The zero-order chi connectivity index (χ0) is 24.2. The average molecular weight is 478 g/mol. The molecule has 5 rings (SSSR count). The second-order valence-corrected chi connectivity index (χ2v) is 10.3. The van der Waals surface area contributed by atoms with Crippen molar-refractivity contribution in [3.05, 3.63) is 29.6 Å². The highest BCUT2D eigenvalue weighted by atomic mass is 19.4. The molecule has 2 N–H and O–H groups in total. The summed E-state index contributed by atoms with van der Waals surface area (Å²) in [5.74, 6) is 1.20. The Balaban J connectivity index is 1.35. The molecule has 186 valence electrons. The molecule has 0 radical (unpaired) electrons. The van der Waals surface area contributed by atoms with Crippen LogP contribution >= 0.6 is 0 Å². The van der Waals surface area contributed by atoms with Gasteiger partial charge in [-0.05, 0) is 63.0 Å². The SMILES string of the molecule is CCC(C)n1nc(-c2cnc(N)c(C(F)(F)F)c2)cc1C1C2CC(N3CCC(OC)CC3)CC21. The molecule has 1 aliphatic heterocycles. The molecular formula is C25H34F3N5O. The number of fused-ring (bicyclic) bond motifs is 1. The average Bonchev–Trinajstić information content (AvgIpc) is 3.16. The molecule has 9 heteroatoms. The van der Waals surface area contributed by atoms with Crippen molar-refractivity contribution < 1.29 is 17.9 Å². The molecular weight excluding hydrogens is 443 g/mol. The van der Waals surface area contributed by atoms with Crippen molar-refractivity contribution in [3.63, 3.8) is 0 Å². The van der Waals surface area contributed by atoms with Crippen LogP contribution in [0, 0.1) is 11.8 Å². The van der Waals surface area contributed by atoms with Gasteiger partial charge in [-0.15, -0.1) is 0 Å². The first-order valence-electron chi connectivity index (χ1n) is 12.4. The number of alkyl halides is 3. The molecule has 3 fully saturated rings. The number of aromatic nitrogens is 3. The third-order valence-electron chi connectivity index (χ3n) is 8.38. The Bertz CT molecular complexity index is 1020. The number of piperidine rings is 1. The standard InChI is InChI=1S/C25H34F3N5O/c1-4-14(2)33-22(12-21(31-33)15-9-20(25(26,27)28)24(29)30-13-15)23-18-10-16(11-19(18)23)32-7-5-17(34-3)6-8-32/h9,12-14,16-19,23H,4-8,10-11H2,1-3H3,(H2,29,30). The molecule has 1 saturated heterocycles. The fraction of sp³-hybridized carbons (Fsp3) is 0.680. The molecule has 3 atom stereocenters. The minimum absolute atomic E-state index is 0.178. The van der Waals surface area contributed by atoms with E-state index in [1.54, 1.807) is 7.11 Å². The van der Waals surface area contributed by atoms with Crippen LogP contribution in [-0.4, -0.2) is 52.0 Å². The number of nitrogen functional groups attached to an aromatic ring is 1. The lowest BCUT2D eigenvalue weighted by Gasteiger charge is -2.36. The van der Waals surface area contributed by atoms with E-state index in [1.807, 2.05) is 10.7 Å². The first kappa shape index (κ1) is 23.6. The predicted molar refractivity (Wildman–Crippen MR) is 124 cm³/mol. The third-order valence-corrected chi connectivity index (χ3v) is 8.38. The number of methoxy groups -OCH3 is 1. The highest BCUT2D eigenvalue weighted by Crippen LogP contribution is 2.64. The van der Waals surface area contributed by atoms with Crippen LogP contribution < -0.4 is 5.73 Å². The molecule has 3 aliphatic rings. The smallest absolute Gasteiger partial charge is 0.383 e. The Morgan fingerprint density at radius 2 is 1.85 bits per heavy atom. The van der Waals surface area contributed by atoms with Gasteiger partial charge in [0, 0.05) is 55.7 Å². The summed E-state index contributed by atoms with van der Waals surface area (Å²) in [6.45, 7) is 6.43. The van der Waals surface area contributed by atoms with Crippen LogP contribution in [0.25, 0.3) is 11.3 Å². The van der Waals surface area contributed by atoms with Gasteiger partial charge >= 0.3 is 6.18 Å². The lowest BCUT2D eigenvalue weighted by molar-refractivity contribution is -0.137. The highest BCUT2D eigenvalue weighted by molar-refractivity contribution is 5.63. The lowest BCUT2D eigenvalue weighted by atomic mass is 9.99. The molecule has 34 heavy (non-hydrogen) atoms. The number of halogens is 3. The largest absolute Gasteiger partial charge is 0.419 e. The van der Waals surface area contributed by atoms with E-state index in [1.165, 1.54) is 19.0 Å². The minimum Gasteiger partial charge on any atom is -0.383 e. The Labute approximate surface area is 198 Å². The van der Waals surface area contributed by atoms with E-state index < -0.39 is 17.6 Å². The van der Waals surface area contributed by atoms with Gasteiger partial charge in [0.2, 0.25) is 0 Å². The second-order valence-electron chi connectivity index (χ2n) is 10.3. The van der Waals surface area contributed by atoms with Gasteiger partial charge in [-0.25, -0.2) is 4.98 Å². The molecule has 2 aliphatic carbocycles. The fourth-order valence-electron chi connectivity index (χ4n) is 6.19. The van der Waals surface area contributed by atoms with Gasteiger partial charge in [-0.2, -0.15) is 18.3 Å². The van der Waals surface area contributed by atoms with Crippen molar-refractivity contribution in [3.8, 4) is 11.3 Å². The van der Waals surface area contributed by atoms with Gasteiger partial charge in [0.25, 0.3) is 0 Å². The second kappa shape index (κ2) is 8.82. The minimum atomic E-state index is -4.55. The van der Waals surface area contributed by atoms with Crippen LogP contribution in [0.1, 0.15) is 69.2 Å². The molecule has 6 nitrogen and oxygen atoms in total. The summed E-state index contributed by atoms with van der Waals surface area (Å²) in [6, 6.07) is 3.88. The maximum Gasteiger partial charge on any atom is 0.419 e. The summed E-state index contributed by atoms with van der Waals surface area (Å²) in [4.78, 5) is 6.44. The van der Waals surface area contributed by atoms with E-state index in [0.29, 0.717) is 41.2 Å². The van der Waals surface area contributed by atoms with E-state index >= 15 is 0 Å². The van der Waals surface area contributed by atoms with Gasteiger partial charge in [0.05, 0.1) is 17.4 Å². The van der Waals surface area contributed by atoms with Crippen molar-refractivity contribution in [1.29, 1.82) is 0 Å². The number of anilines is 1. The van der Waals surface area contributed by atoms with Crippen molar-refractivity contribution in [2.75, 3.05) is 25.9 Å². The highest BCUT2D eigenvalue weighted by Gasteiger charge is 2.58. The van der Waals surface area contributed by atoms with Gasteiger partial charge in [0.1, 0.15) is 5.82 Å². The number of likely N-dealkylation sites (tertiary alicyclic amines) is 1. The summed E-state index contributed by atoms with van der Waals surface area (Å²) >= 11 is 0. The zero-order valence-corrected chi connectivity index (χ0v) is 20.1. The normalized spacial score (nSPS) is 28.8. The summed E-state index contributed by atoms with van der Waals surface area (Å²) in [7, 11) is 1.80. The Morgan fingerprint density at radius 1 is 1.18 bits per heavy atom. The van der Waals surface area contributed by atoms with Crippen LogP contribution in [0.3, 0.4) is 0 Å². The topological polar surface area (TPSA) is 69.2 Å². The summed E-state index contributed by atoms with van der Waals surface area (Å²) in [5.41, 5.74) is 6.64. The fourth-order valence-corrected chi connectivity index (χ4v) is 6.19. The van der Waals surface area contributed by atoms with Gasteiger partial charge in [-0.3, -0.25) is 4.68 Å². The molecule has 2 saturated carbocycles. The van der Waals surface area contributed by atoms with Crippen molar-refractivity contribution >= 4 is 5.82 Å². The molecule has 2 aromatic rings. The van der Waals surface area contributed by atoms with E-state index in [0.717, 1.165) is 44.1 Å². The van der Waals surface area contributed by atoms with Crippen molar-refractivity contribution in [2.24, 2.45) is 11.8 Å². The molecule has 0 bridgehead atoms. The molecule has 2 aromatic heterocycles. The third kappa shape index (κ3) is 4.21. The molecule has 0 amide bonds. The number of hydrogen-bond acceptors (Lipinski definition) is 5. The van der Waals surface area contributed by atoms with Crippen LogP contribution in [-0.2, 0) is 10.9 Å². The molecule has 3 heterocycles. The monoisotopic (exact) mass is 477 g/mol. The number of rotatable bonds is 6. The van der Waals surface area contributed by atoms with Gasteiger partial charge in [-0.1, -0.05) is 6.92 Å². The van der Waals surface area contributed by atoms with E-state index in [-0.39, 0.29) is 6.04 Å². The summed E-state index contributed by atoms with van der Waals surface area (Å²) < 4.78 is 47.7. The van der Waals surface area contributed by atoms with Crippen LogP contribution in [0.2, 0.25) is 0 Å². The first-order chi connectivity index (χ1) is 16.2. The summed E-state index contributed by atoms with van der Waals surface area (Å²) in [6.07, 6.45) is 2.73. The maximum absolute atomic E-state index is 13.4. The maximum atomic E-state index is 13.4. The summed E-state index contributed by atoms with van der Waals surface area (Å²) in [5, 5.41) is 4.76. The van der Waals surface area contributed by atoms with Gasteiger partial charge < -0.3 is 15.4 Å². The Hall–Kier alpha value is -2.13. The van der Waals surface area contributed by atoms with Crippen LogP contribution in [0.4, 0.5) is 19.0 Å². The molecule has 3 unspecified atom stereocenters. The van der Waals surface area contributed by atoms with E-state index in [2.05, 4.69) is 23.7 Å². The number of pyridine rings is 1.